The summed E-state index contributed by atoms with van der Waals surface area (Å²) < 4.78 is 5.61. The van der Waals surface area contributed by atoms with E-state index in [2.05, 4.69) is 16.2 Å². The van der Waals surface area contributed by atoms with Gasteiger partial charge < -0.3 is 10.1 Å². The molecule has 3 rings (SSSR count). The summed E-state index contributed by atoms with van der Waals surface area (Å²) >= 11 is 1.38. The number of hydrazine groups is 1. The van der Waals surface area contributed by atoms with E-state index in [0.717, 1.165) is 22.6 Å². The number of hydrogen-bond donors (Lipinski definition) is 3. The highest BCUT2D eigenvalue weighted by Gasteiger charge is 2.21. The third-order valence-corrected chi connectivity index (χ3v) is 4.84. The Labute approximate surface area is 144 Å². The van der Waals surface area contributed by atoms with Gasteiger partial charge in [-0.3, -0.25) is 10.2 Å². The zero-order chi connectivity index (χ0) is 16.9. The van der Waals surface area contributed by atoms with E-state index < -0.39 is 6.03 Å². The molecule has 1 atom stereocenters. The van der Waals surface area contributed by atoms with E-state index in [9.17, 15) is 9.59 Å². The number of carbonyl (C=O) groups excluding carboxylic acids is 2. The average Bonchev–Trinajstić information content (AvgIpc) is 3.04. The largest absolute Gasteiger partial charge is 0.493 e. The van der Waals surface area contributed by atoms with E-state index in [1.54, 1.807) is 6.07 Å². The van der Waals surface area contributed by atoms with E-state index in [0.29, 0.717) is 18.0 Å². The van der Waals surface area contributed by atoms with Gasteiger partial charge in [0.15, 0.2) is 0 Å². The molecule has 3 N–H and O–H groups in total. The van der Waals surface area contributed by atoms with Crippen LogP contribution in [0.1, 0.15) is 32.5 Å². The van der Waals surface area contributed by atoms with Gasteiger partial charge in [-0.15, -0.1) is 11.3 Å². The quantitative estimate of drug-likeness (QED) is 0.748. The molecule has 1 aromatic heterocycles. The molecule has 24 heavy (non-hydrogen) atoms. The zero-order valence-electron chi connectivity index (χ0n) is 13.3. The highest BCUT2D eigenvalue weighted by Crippen LogP contribution is 2.32. The summed E-state index contributed by atoms with van der Waals surface area (Å²) in [5.41, 5.74) is 5.88. The normalized spacial score (nSPS) is 15.8. The zero-order valence-corrected chi connectivity index (χ0v) is 14.1. The summed E-state index contributed by atoms with van der Waals surface area (Å²) in [6, 6.07) is 11.0. The molecule has 6 nitrogen and oxygen atoms in total. The van der Waals surface area contributed by atoms with Crippen molar-refractivity contribution in [2.75, 3.05) is 13.2 Å². The Kier molecular flexibility index (Phi) is 5.00. The number of aryl methyl sites for hydroxylation is 1. The lowest BCUT2D eigenvalue weighted by molar-refractivity contribution is 0.0940. The first-order valence-corrected chi connectivity index (χ1v) is 8.57. The molecule has 0 radical (unpaired) electrons. The van der Waals surface area contributed by atoms with Gasteiger partial charge >= 0.3 is 6.03 Å². The number of nitrogens with one attached hydrogen (secondary N) is 3. The van der Waals surface area contributed by atoms with Gasteiger partial charge in [-0.1, -0.05) is 18.2 Å². The number of urea groups is 1. The number of hydrogen-bond acceptors (Lipinski definition) is 4. The molecular weight excluding hydrogens is 326 g/mol. The summed E-state index contributed by atoms with van der Waals surface area (Å²) in [6.45, 7) is 3.05. The number of para-hydroxylation sites is 1. The van der Waals surface area contributed by atoms with Gasteiger partial charge in [0.1, 0.15) is 5.75 Å². The highest BCUT2D eigenvalue weighted by molar-refractivity contribution is 7.13. The second-order valence-corrected chi connectivity index (χ2v) is 6.86. The Balaban J connectivity index is 1.47. The molecule has 3 amide bonds. The third-order valence-electron chi connectivity index (χ3n) is 3.85. The minimum absolute atomic E-state index is 0.205. The first-order valence-electron chi connectivity index (χ1n) is 7.76. The maximum atomic E-state index is 11.9. The summed E-state index contributed by atoms with van der Waals surface area (Å²) in [6.07, 6.45) is 0.845. The Bertz CT molecular complexity index is 744. The molecule has 2 heterocycles. The molecule has 1 aliphatic rings. The summed E-state index contributed by atoms with van der Waals surface area (Å²) in [4.78, 5) is 25.4. The van der Waals surface area contributed by atoms with Crippen LogP contribution < -0.4 is 20.9 Å². The molecule has 0 bridgehead atoms. The molecule has 0 spiro atoms. The van der Waals surface area contributed by atoms with Crippen molar-refractivity contribution in [1.82, 2.24) is 16.2 Å². The van der Waals surface area contributed by atoms with Crippen molar-refractivity contribution in [2.24, 2.45) is 0 Å². The lowest BCUT2D eigenvalue weighted by Crippen LogP contribution is -2.47. The number of benzene rings is 1. The first-order chi connectivity index (χ1) is 11.6. The molecule has 0 fully saturated rings. The van der Waals surface area contributed by atoms with Crippen LogP contribution in [0.15, 0.2) is 36.4 Å². The number of ether oxygens (including phenoxy) is 1. The fraction of sp³-hybridized carbons (Fsp3) is 0.294. The number of fused-ring (bicyclic) bond motifs is 1. The van der Waals surface area contributed by atoms with Crippen LogP contribution in [0, 0.1) is 6.92 Å². The topological polar surface area (TPSA) is 79.5 Å². The highest BCUT2D eigenvalue weighted by atomic mass is 32.1. The summed E-state index contributed by atoms with van der Waals surface area (Å²) in [7, 11) is 0. The number of thiophene rings is 1. The Morgan fingerprint density at radius 3 is 2.83 bits per heavy atom. The van der Waals surface area contributed by atoms with Crippen molar-refractivity contribution < 1.29 is 14.3 Å². The predicted octanol–water partition coefficient (Wildman–Crippen LogP) is 2.57. The van der Waals surface area contributed by atoms with Crippen molar-refractivity contribution in [3.8, 4) is 5.75 Å². The van der Waals surface area contributed by atoms with Crippen LogP contribution >= 0.6 is 11.3 Å². The number of rotatable bonds is 3. The fourth-order valence-electron chi connectivity index (χ4n) is 2.62. The van der Waals surface area contributed by atoms with Gasteiger partial charge in [-0.2, -0.15) is 0 Å². The maximum Gasteiger partial charge on any atom is 0.333 e. The van der Waals surface area contributed by atoms with E-state index in [1.165, 1.54) is 11.3 Å². The Hall–Kier alpha value is -2.54. The molecule has 1 unspecified atom stereocenters. The van der Waals surface area contributed by atoms with E-state index in [4.69, 9.17) is 4.74 Å². The van der Waals surface area contributed by atoms with Gasteiger partial charge in [0.2, 0.25) is 0 Å². The van der Waals surface area contributed by atoms with Crippen LogP contribution in [0.2, 0.25) is 0 Å². The van der Waals surface area contributed by atoms with Crippen molar-refractivity contribution in [2.45, 2.75) is 19.3 Å². The van der Waals surface area contributed by atoms with Crippen LogP contribution in [-0.2, 0) is 0 Å². The average molecular weight is 345 g/mol. The second-order valence-electron chi connectivity index (χ2n) is 5.57. The maximum absolute atomic E-state index is 11.9. The van der Waals surface area contributed by atoms with E-state index >= 15 is 0 Å². The number of carbonyl (C=O) groups is 2. The molecule has 126 valence electrons. The van der Waals surface area contributed by atoms with Crippen molar-refractivity contribution in [1.29, 1.82) is 0 Å². The number of amides is 3. The third kappa shape index (κ3) is 3.86. The predicted molar refractivity (Wildman–Crippen MR) is 92.4 cm³/mol. The van der Waals surface area contributed by atoms with Crippen LogP contribution in [0.25, 0.3) is 0 Å². The van der Waals surface area contributed by atoms with Gasteiger partial charge in [0, 0.05) is 17.3 Å². The van der Waals surface area contributed by atoms with Gasteiger partial charge in [-0.05, 0) is 37.1 Å². The van der Waals surface area contributed by atoms with Gasteiger partial charge in [0.05, 0.1) is 11.5 Å². The lowest BCUT2D eigenvalue weighted by Gasteiger charge is -2.26. The Morgan fingerprint density at radius 2 is 2.04 bits per heavy atom. The fourth-order valence-corrected chi connectivity index (χ4v) is 3.38. The molecule has 1 aromatic carbocycles. The lowest BCUT2D eigenvalue weighted by atomic mass is 9.93. The molecule has 0 saturated carbocycles. The van der Waals surface area contributed by atoms with Crippen LogP contribution in [0.4, 0.5) is 4.79 Å². The van der Waals surface area contributed by atoms with Crippen LogP contribution in [0.5, 0.6) is 5.75 Å². The van der Waals surface area contributed by atoms with Crippen molar-refractivity contribution in [3.05, 3.63) is 51.7 Å². The molecule has 2 aromatic rings. The minimum Gasteiger partial charge on any atom is -0.493 e. The van der Waals surface area contributed by atoms with E-state index in [-0.39, 0.29) is 11.8 Å². The van der Waals surface area contributed by atoms with E-state index in [1.807, 2.05) is 37.3 Å². The Morgan fingerprint density at radius 1 is 1.21 bits per heavy atom. The molecule has 1 aliphatic heterocycles. The first kappa shape index (κ1) is 16.3. The van der Waals surface area contributed by atoms with Gasteiger partial charge in [0.25, 0.3) is 5.91 Å². The standard InChI is InChI=1S/C17H19N3O3S/c1-11-6-7-15(24-11)16(21)19-20-17(22)18-10-12-8-9-23-14-5-3-2-4-13(12)14/h2-7,12H,8-10H2,1H3,(H,19,21)(H2,18,20,22). The molecule has 0 aliphatic carbocycles. The second kappa shape index (κ2) is 7.35. The van der Waals surface area contributed by atoms with Gasteiger partial charge in [-0.25, -0.2) is 10.2 Å². The molecule has 7 heteroatoms. The molecule has 0 saturated heterocycles. The SMILES string of the molecule is Cc1ccc(C(=O)NNC(=O)NCC2CCOc3ccccc32)s1. The van der Waals surface area contributed by atoms with Crippen LogP contribution in [-0.4, -0.2) is 25.1 Å². The van der Waals surface area contributed by atoms with Crippen molar-refractivity contribution in [3.63, 3.8) is 0 Å². The summed E-state index contributed by atoms with van der Waals surface area (Å²) in [5.74, 6) is 0.758. The summed E-state index contributed by atoms with van der Waals surface area (Å²) in [5, 5.41) is 2.79. The van der Waals surface area contributed by atoms with Crippen LogP contribution in [0.3, 0.4) is 0 Å². The smallest absolute Gasteiger partial charge is 0.333 e. The monoisotopic (exact) mass is 345 g/mol. The minimum atomic E-state index is -0.430. The van der Waals surface area contributed by atoms with Crippen molar-refractivity contribution >= 4 is 23.3 Å². The molecular formula is C17H19N3O3S.